The fourth-order valence-electron chi connectivity index (χ4n) is 4.32. The number of ether oxygens (including phenoxy) is 2. The van der Waals surface area contributed by atoms with Gasteiger partial charge in [-0.05, 0) is 95.1 Å². The number of carbonyl (C=O) groups is 2. The van der Waals surface area contributed by atoms with E-state index in [0.29, 0.717) is 51.8 Å². The molecule has 1 fully saturated rings. The first kappa shape index (κ1) is 34.7. The molecule has 0 saturated carbocycles. The first-order valence-electron chi connectivity index (χ1n) is 13.8. The lowest BCUT2D eigenvalue weighted by Gasteiger charge is -2.33. The van der Waals surface area contributed by atoms with Crippen molar-refractivity contribution < 1.29 is 23.5 Å². The van der Waals surface area contributed by atoms with E-state index in [1.807, 2.05) is 79.3 Å². The van der Waals surface area contributed by atoms with Crippen LogP contribution >= 0.6 is 27.7 Å². The molecule has 0 radical (unpaired) electrons. The zero-order valence-electron chi connectivity index (χ0n) is 26.0. The Hall–Kier alpha value is -2.47. The fourth-order valence-corrected chi connectivity index (χ4v) is 5.14. The molecular formula is C29H43BrFN5O4S. The summed E-state index contributed by atoms with van der Waals surface area (Å²) in [6.45, 7) is 19.5. The molecule has 3 heterocycles. The number of aromatic nitrogens is 4. The number of rotatable bonds is 2. The van der Waals surface area contributed by atoms with Crippen molar-refractivity contribution in [3.8, 4) is 0 Å². The van der Waals surface area contributed by atoms with E-state index < -0.39 is 5.60 Å². The van der Waals surface area contributed by atoms with Gasteiger partial charge in [-0.25, -0.2) is 18.9 Å². The number of fused-ring (bicyclic) bond motifs is 3. The molecule has 1 aromatic carbocycles. The lowest BCUT2D eigenvalue weighted by atomic mass is 10.0. The van der Waals surface area contributed by atoms with E-state index in [1.54, 1.807) is 4.90 Å². The third kappa shape index (κ3) is 9.01. The van der Waals surface area contributed by atoms with E-state index in [2.05, 4.69) is 31.2 Å². The van der Waals surface area contributed by atoms with Crippen LogP contribution in [0.2, 0.25) is 0 Å². The average Bonchev–Trinajstić information content (AvgIpc) is 3.32. The van der Waals surface area contributed by atoms with E-state index in [9.17, 15) is 9.59 Å². The van der Waals surface area contributed by atoms with Crippen LogP contribution < -0.4 is 0 Å². The molecule has 0 bridgehead atoms. The number of esters is 1. The van der Waals surface area contributed by atoms with Crippen molar-refractivity contribution in [3.63, 3.8) is 0 Å². The Balaban J connectivity index is 0.000000509. The van der Waals surface area contributed by atoms with E-state index in [4.69, 9.17) is 9.47 Å². The zero-order valence-corrected chi connectivity index (χ0v) is 28.4. The smallest absolute Gasteiger partial charge is 0.410 e. The summed E-state index contributed by atoms with van der Waals surface area (Å²) in [7, 11) is 0. The molecule has 0 unspecified atom stereocenters. The summed E-state index contributed by atoms with van der Waals surface area (Å²) < 4.78 is 27.6. The molecule has 1 amide bonds. The monoisotopic (exact) mass is 655 g/mol. The summed E-state index contributed by atoms with van der Waals surface area (Å²) >= 11 is 4.75. The van der Waals surface area contributed by atoms with Crippen LogP contribution in [0.25, 0.3) is 21.9 Å². The number of carbonyl (C=O) groups excluding carboxylic acids is 2. The Morgan fingerprint density at radius 1 is 1.05 bits per heavy atom. The van der Waals surface area contributed by atoms with Gasteiger partial charge in [0.25, 0.3) is 0 Å². The van der Waals surface area contributed by atoms with Gasteiger partial charge in [0.05, 0.1) is 10.5 Å². The Labute approximate surface area is 255 Å². The summed E-state index contributed by atoms with van der Waals surface area (Å²) in [5.41, 5.74) is 1.72. The summed E-state index contributed by atoms with van der Waals surface area (Å²) in [6, 6.07) is 1.98. The molecule has 41 heavy (non-hydrogen) atoms. The lowest BCUT2D eigenvalue weighted by Crippen LogP contribution is -2.42. The van der Waals surface area contributed by atoms with Gasteiger partial charge in [0.1, 0.15) is 32.8 Å². The third-order valence-corrected chi connectivity index (χ3v) is 7.48. The van der Waals surface area contributed by atoms with Gasteiger partial charge in [0.2, 0.25) is 0 Å². The summed E-state index contributed by atoms with van der Waals surface area (Å²) in [4.78, 5) is 28.9. The minimum absolute atomic E-state index is 0.0519. The first-order valence-corrected chi connectivity index (χ1v) is 15.8. The number of aryl methyl sites for hydroxylation is 1. The Morgan fingerprint density at radius 3 is 2.07 bits per heavy atom. The number of benzene rings is 1. The van der Waals surface area contributed by atoms with Crippen molar-refractivity contribution in [2.75, 3.05) is 19.3 Å². The second-order valence-corrected chi connectivity index (χ2v) is 13.1. The molecule has 1 saturated heterocycles. The number of likely N-dealkylation sites (tertiary alicyclic amines) is 1. The molecule has 0 N–H and O–H groups in total. The molecule has 2 aromatic heterocycles. The number of pyridine rings is 1. The van der Waals surface area contributed by atoms with Gasteiger partial charge < -0.3 is 14.4 Å². The van der Waals surface area contributed by atoms with Crippen LogP contribution in [0.15, 0.2) is 15.6 Å². The van der Waals surface area contributed by atoms with Crippen molar-refractivity contribution in [2.24, 2.45) is 0 Å². The maximum absolute atomic E-state index is 15.0. The number of thioether (sulfide) groups is 1. The van der Waals surface area contributed by atoms with Gasteiger partial charge in [-0.15, -0.1) is 16.9 Å². The van der Waals surface area contributed by atoms with E-state index in [-0.39, 0.29) is 29.5 Å². The molecule has 3 aromatic rings. The van der Waals surface area contributed by atoms with Crippen molar-refractivity contribution in [2.45, 2.75) is 104 Å². The molecule has 0 spiro atoms. The quantitative estimate of drug-likeness (QED) is 0.203. The largest absolute Gasteiger partial charge is 0.460 e. The van der Waals surface area contributed by atoms with Gasteiger partial charge in [0.15, 0.2) is 5.82 Å². The predicted molar refractivity (Wildman–Crippen MR) is 166 cm³/mol. The van der Waals surface area contributed by atoms with Crippen molar-refractivity contribution in [3.05, 3.63) is 21.9 Å². The predicted octanol–water partition coefficient (Wildman–Crippen LogP) is 7.86. The normalized spacial score (nSPS) is 14.2. The molecule has 0 atom stereocenters. The topological polar surface area (TPSA) is 99.4 Å². The Kier molecular flexibility index (Phi) is 12.0. The van der Waals surface area contributed by atoms with Crippen LogP contribution in [0.3, 0.4) is 0 Å². The first-order chi connectivity index (χ1) is 19.0. The SMILES string of the molecule is CC.CC(=O)OC(C)(C)C.CSc1nc2c(F)c(Br)c(C)cc2c2c1nnn2C1CCN(C(=O)OC(C)(C)C)CC1. The molecule has 228 valence electrons. The van der Waals surface area contributed by atoms with Crippen molar-refractivity contribution >= 4 is 61.7 Å². The molecule has 12 heteroatoms. The number of amides is 1. The fraction of sp³-hybridized carbons (Fsp3) is 0.621. The molecule has 1 aliphatic rings. The zero-order chi connectivity index (χ0) is 31.3. The van der Waals surface area contributed by atoms with E-state index in [0.717, 1.165) is 11.1 Å². The van der Waals surface area contributed by atoms with E-state index >= 15 is 4.39 Å². The maximum atomic E-state index is 15.0. The Bertz CT molecular complexity index is 1380. The van der Waals surface area contributed by atoms with Gasteiger partial charge in [0, 0.05) is 25.4 Å². The molecule has 4 rings (SSSR count). The highest BCUT2D eigenvalue weighted by atomic mass is 79.9. The van der Waals surface area contributed by atoms with Gasteiger partial charge in [-0.1, -0.05) is 19.1 Å². The number of hydrogen-bond acceptors (Lipinski definition) is 8. The van der Waals surface area contributed by atoms with Gasteiger partial charge in [-0.3, -0.25) is 4.79 Å². The number of hydrogen-bond donors (Lipinski definition) is 0. The molecular weight excluding hydrogens is 613 g/mol. The lowest BCUT2D eigenvalue weighted by molar-refractivity contribution is -0.151. The maximum Gasteiger partial charge on any atom is 0.410 e. The molecule has 0 aliphatic carbocycles. The second-order valence-electron chi connectivity index (χ2n) is 11.5. The number of piperidine rings is 1. The highest BCUT2D eigenvalue weighted by Crippen LogP contribution is 2.37. The van der Waals surface area contributed by atoms with Gasteiger partial charge in [-0.2, -0.15) is 0 Å². The molecule has 9 nitrogen and oxygen atoms in total. The van der Waals surface area contributed by atoms with Crippen LogP contribution in [0.1, 0.15) is 86.8 Å². The summed E-state index contributed by atoms with van der Waals surface area (Å²) in [5, 5.41) is 10.2. The second kappa shape index (κ2) is 14.1. The standard InChI is InChI=1S/C21H25BrFN5O2S.C6H12O2.C2H6/c1-11-10-13-16(15(23)14(11)22)24-19(31-5)17-18(13)28(26-25-17)12-6-8-27(9-7-12)20(29)30-21(2,3)4;1-5(7)8-6(2,3)4;1-2/h10,12H,6-9H2,1-5H3;1-4H3;1-2H3. The van der Waals surface area contributed by atoms with E-state index in [1.165, 1.54) is 18.7 Å². The van der Waals surface area contributed by atoms with Crippen LogP contribution in [-0.4, -0.2) is 67.5 Å². The molecule has 1 aliphatic heterocycles. The van der Waals surface area contributed by atoms with Crippen LogP contribution in [0.5, 0.6) is 0 Å². The third-order valence-electron chi connectivity index (χ3n) is 5.83. The minimum Gasteiger partial charge on any atom is -0.460 e. The van der Waals surface area contributed by atoms with Crippen molar-refractivity contribution in [1.82, 2.24) is 24.9 Å². The van der Waals surface area contributed by atoms with Crippen LogP contribution in [-0.2, 0) is 14.3 Å². The summed E-state index contributed by atoms with van der Waals surface area (Å²) in [6.07, 6.45) is 3.03. The van der Waals surface area contributed by atoms with Gasteiger partial charge >= 0.3 is 12.1 Å². The Morgan fingerprint density at radius 2 is 1.61 bits per heavy atom. The van der Waals surface area contributed by atoms with Crippen molar-refractivity contribution in [1.29, 1.82) is 0 Å². The number of halogens is 2. The average molecular weight is 657 g/mol. The van der Waals surface area contributed by atoms with Crippen LogP contribution in [0.4, 0.5) is 9.18 Å². The minimum atomic E-state index is -0.521. The highest BCUT2D eigenvalue weighted by molar-refractivity contribution is 9.10. The summed E-state index contributed by atoms with van der Waals surface area (Å²) in [5.74, 6) is -0.600. The number of nitrogens with zero attached hydrogens (tertiary/aromatic N) is 5. The highest BCUT2D eigenvalue weighted by Gasteiger charge is 2.30. The van der Waals surface area contributed by atoms with Crippen LogP contribution in [0, 0.1) is 12.7 Å².